The van der Waals surface area contributed by atoms with Crippen LogP contribution in [0, 0.1) is 0 Å². The van der Waals surface area contributed by atoms with Gasteiger partial charge in [0.05, 0.1) is 12.7 Å². The standard InChI is InChI=1S/C16H15Cl2N3O2S/c1-22-14-7-2-4-10(8-20-21-16(19)24)15(14)23-9-11-12(17)5-3-6-13(11)18/h2-8H,9H2,1H3,(H3,19,21,24)/p+1. The Labute approximate surface area is 155 Å². The fourth-order valence-corrected chi connectivity index (χ4v) is 2.53. The van der Waals surface area contributed by atoms with Crippen molar-refractivity contribution in [2.75, 3.05) is 7.11 Å². The van der Waals surface area contributed by atoms with E-state index in [1.807, 2.05) is 12.1 Å². The van der Waals surface area contributed by atoms with Gasteiger partial charge in [0.2, 0.25) is 11.3 Å². The zero-order chi connectivity index (χ0) is 17.5. The number of hydrazone groups is 1. The molecule has 0 spiro atoms. The topological polar surface area (TPSA) is 70.5 Å². The lowest BCUT2D eigenvalue weighted by Gasteiger charge is -2.13. The predicted molar refractivity (Wildman–Crippen MR) is 99.8 cm³/mol. The average Bonchev–Trinajstić information content (AvgIpc) is 2.54. The second-order valence-electron chi connectivity index (χ2n) is 4.65. The van der Waals surface area contributed by atoms with Crippen LogP contribution < -0.4 is 25.7 Å². The number of nitrogens with one attached hydrogen (secondary N) is 2. The predicted octanol–water partition coefficient (Wildman–Crippen LogP) is 1.83. The van der Waals surface area contributed by atoms with Crippen LogP contribution in [0.2, 0.25) is 10.0 Å². The van der Waals surface area contributed by atoms with Gasteiger partial charge in [-0.2, -0.15) is 0 Å². The molecule has 0 fully saturated rings. The number of hydrazine groups is 1. The first-order valence-electron chi connectivity index (χ1n) is 6.89. The largest absolute Gasteiger partial charge is 0.493 e. The minimum Gasteiger partial charge on any atom is -0.493 e. The number of hydrogen-bond donors (Lipinski definition) is 3. The highest BCUT2D eigenvalue weighted by atomic mass is 35.5. The van der Waals surface area contributed by atoms with Crippen molar-refractivity contribution in [3.63, 3.8) is 0 Å². The summed E-state index contributed by atoms with van der Waals surface area (Å²) < 4.78 is 11.3. The van der Waals surface area contributed by atoms with Gasteiger partial charge < -0.3 is 15.2 Å². The van der Waals surface area contributed by atoms with Gasteiger partial charge in [-0.25, -0.2) is 0 Å². The maximum atomic E-state index is 6.17. The van der Waals surface area contributed by atoms with E-state index in [9.17, 15) is 0 Å². The van der Waals surface area contributed by atoms with Crippen LogP contribution in [0.1, 0.15) is 11.1 Å². The van der Waals surface area contributed by atoms with Crippen LogP contribution in [-0.2, 0) is 6.61 Å². The molecule has 126 valence electrons. The number of halogens is 2. The van der Waals surface area contributed by atoms with Crippen LogP contribution in [-0.4, -0.2) is 18.4 Å². The molecule has 0 radical (unpaired) electrons. The Morgan fingerprint density at radius 3 is 2.54 bits per heavy atom. The van der Waals surface area contributed by atoms with Crippen LogP contribution in [0.25, 0.3) is 0 Å². The smallest absolute Gasteiger partial charge is 0.221 e. The molecule has 0 amide bonds. The maximum Gasteiger partial charge on any atom is 0.221 e. The zero-order valence-electron chi connectivity index (χ0n) is 12.8. The lowest BCUT2D eigenvalue weighted by molar-refractivity contribution is -0.499. The first-order valence-corrected chi connectivity index (χ1v) is 8.06. The van der Waals surface area contributed by atoms with E-state index in [1.54, 1.807) is 37.6 Å². The number of methoxy groups -OCH3 is 1. The summed E-state index contributed by atoms with van der Waals surface area (Å²) in [7, 11) is 1.56. The number of benzene rings is 2. The van der Waals surface area contributed by atoms with Crippen molar-refractivity contribution < 1.29 is 14.6 Å². The summed E-state index contributed by atoms with van der Waals surface area (Å²) in [5.74, 6) is 1.11. The zero-order valence-corrected chi connectivity index (χ0v) is 15.1. The Morgan fingerprint density at radius 2 is 1.92 bits per heavy atom. The fraction of sp³-hybridized carbons (Fsp3) is 0.125. The van der Waals surface area contributed by atoms with Crippen molar-refractivity contribution in [1.82, 2.24) is 5.43 Å². The van der Waals surface area contributed by atoms with Gasteiger partial charge in [0.15, 0.2) is 11.5 Å². The summed E-state index contributed by atoms with van der Waals surface area (Å²) in [5, 5.41) is 3.99. The van der Waals surface area contributed by atoms with Crippen LogP contribution in [0.5, 0.6) is 11.5 Å². The van der Waals surface area contributed by atoms with Crippen molar-refractivity contribution >= 4 is 46.7 Å². The molecule has 0 aliphatic heterocycles. The molecule has 0 aliphatic carbocycles. The van der Waals surface area contributed by atoms with E-state index < -0.39 is 0 Å². The summed E-state index contributed by atoms with van der Waals surface area (Å²) in [6.45, 7) is 0.197. The molecule has 8 heteroatoms. The monoisotopic (exact) mass is 384 g/mol. The molecular weight excluding hydrogens is 369 g/mol. The van der Waals surface area contributed by atoms with Crippen molar-refractivity contribution in [1.29, 1.82) is 0 Å². The van der Waals surface area contributed by atoms with Gasteiger partial charge in [0.1, 0.15) is 6.61 Å². The van der Waals surface area contributed by atoms with Crippen molar-refractivity contribution in [3.8, 4) is 11.5 Å². The number of nitrogens with two attached hydrogens (primary N) is 1. The molecule has 4 N–H and O–H groups in total. The number of ether oxygens (including phenoxy) is 2. The van der Waals surface area contributed by atoms with E-state index in [0.717, 1.165) is 5.56 Å². The lowest BCUT2D eigenvalue weighted by Crippen LogP contribution is -2.82. The van der Waals surface area contributed by atoms with Crippen LogP contribution in [0.3, 0.4) is 0 Å². The molecule has 0 unspecified atom stereocenters. The minimum atomic E-state index is 0.125. The molecule has 0 saturated carbocycles. The van der Waals surface area contributed by atoms with E-state index in [0.29, 0.717) is 27.1 Å². The van der Waals surface area contributed by atoms with Gasteiger partial charge >= 0.3 is 0 Å². The number of rotatable bonds is 6. The molecule has 2 aromatic rings. The third kappa shape index (κ3) is 4.74. The SMILES string of the molecule is COc1cccc(C=[NH+]NC(N)=S)c1OCc1c(Cl)cccc1Cl. The van der Waals surface area contributed by atoms with Gasteiger partial charge in [-0.1, -0.05) is 35.3 Å². The van der Waals surface area contributed by atoms with Gasteiger partial charge in [-0.15, -0.1) is 10.5 Å². The fourth-order valence-electron chi connectivity index (χ4n) is 1.96. The molecule has 2 rings (SSSR count). The third-order valence-corrected chi connectivity index (χ3v) is 3.89. The van der Waals surface area contributed by atoms with Crippen LogP contribution >= 0.6 is 35.4 Å². The Kier molecular flexibility index (Phi) is 6.66. The molecule has 0 heterocycles. The quantitative estimate of drug-likeness (QED) is 0.402. The molecule has 5 nitrogen and oxygen atoms in total. The van der Waals surface area contributed by atoms with Crippen molar-refractivity contribution in [2.45, 2.75) is 6.61 Å². The first-order chi connectivity index (χ1) is 11.5. The highest BCUT2D eigenvalue weighted by Crippen LogP contribution is 2.32. The summed E-state index contributed by atoms with van der Waals surface area (Å²) in [6, 6.07) is 10.8. The molecule has 0 aromatic heterocycles. The van der Waals surface area contributed by atoms with Crippen molar-refractivity contribution in [2.24, 2.45) is 5.73 Å². The van der Waals surface area contributed by atoms with Crippen LogP contribution in [0.15, 0.2) is 36.4 Å². The second kappa shape index (κ2) is 8.73. The molecule has 0 bridgehead atoms. The Balaban J connectivity index is 2.27. The highest BCUT2D eigenvalue weighted by Gasteiger charge is 2.13. The van der Waals surface area contributed by atoms with E-state index in [4.69, 9.17) is 50.6 Å². The van der Waals surface area contributed by atoms with Crippen molar-refractivity contribution in [3.05, 3.63) is 57.6 Å². The van der Waals surface area contributed by atoms with Gasteiger partial charge in [0, 0.05) is 15.6 Å². The maximum absolute atomic E-state index is 6.17. The number of para-hydroxylation sites is 1. The number of thiocarbonyl (C=S) groups is 1. The van der Waals surface area contributed by atoms with E-state index >= 15 is 0 Å². The van der Waals surface area contributed by atoms with E-state index in [1.165, 1.54) is 0 Å². The van der Waals surface area contributed by atoms with Gasteiger partial charge in [-0.3, -0.25) is 0 Å². The summed E-state index contributed by atoms with van der Waals surface area (Å²) in [5.41, 5.74) is 9.43. The van der Waals surface area contributed by atoms with Crippen LogP contribution in [0.4, 0.5) is 0 Å². The second-order valence-corrected chi connectivity index (χ2v) is 5.90. The lowest BCUT2D eigenvalue weighted by atomic mass is 10.2. The third-order valence-electron chi connectivity index (χ3n) is 3.07. The summed E-state index contributed by atoms with van der Waals surface area (Å²) in [4.78, 5) is 0. The van der Waals surface area contributed by atoms with E-state index in [-0.39, 0.29) is 11.7 Å². The molecule has 2 aromatic carbocycles. The average molecular weight is 385 g/mol. The molecule has 0 atom stereocenters. The Morgan fingerprint density at radius 1 is 1.25 bits per heavy atom. The Bertz CT molecular complexity index is 749. The van der Waals surface area contributed by atoms with E-state index in [2.05, 4.69) is 10.5 Å². The first kappa shape index (κ1) is 18.3. The molecular formula is C16H16Cl2N3O2S+. The number of hydrogen-bond acceptors (Lipinski definition) is 3. The highest BCUT2D eigenvalue weighted by molar-refractivity contribution is 7.80. The van der Waals surface area contributed by atoms with Gasteiger partial charge in [0.25, 0.3) is 0 Å². The molecule has 24 heavy (non-hydrogen) atoms. The minimum absolute atomic E-state index is 0.125. The summed E-state index contributed by atoms with van der Waals surface area (Å²) in [6.07, 6.45) is 1.66. The summed E-state index contributed by atoms with van der Waals surface area (Å²) >= 11 is 17.1. The molecule has 0 saturated heterocycles. The normalized spacial score (nSPS) is 10.6. The van der Waals surface area contributed by atoms with Gasteiger partial charge in [-0.05, 0) is 36.5 Å². The molecule has 0 aliphatic rings. The Hall–Kier alpha value is -2.02.